The maximum atomic E-state index is 7.30. The second kappa shape index (κ2) is 9.85. The molecule has 7 nitrogen and oxygen atoms in total. The number of rotatable bonds is 6. The first-order valence-electron chi connectivity index (χ1n) is 12.2. The number of imidazole rings is 1. The van der Waals surface area contributed by atoms with Crippen molar-refractivity contribution in [2.75, 3.05) is 26.7 Å². The van der Waals surface area contributed by atoms with Crippen molar-refractivity contribution in [1.82, 2.24) is 24.3 Å². The molecule has 35 heavy (non-hydrogen) atoms. The van der Waals surface area contributed by atoms with Crippen molar-refractivity contribution in [3.8, 4) is 28.4 Å². The molecule has 0 bridgehead atoms. The molecule has 0 N–H and O–H groups in total. The average molecular weight is 467 g/mol. The monoisotopic (exact) mass is 466 g/mol. The summed E-state index contributed by atoms with van der Waals surface area (Å²) in [7, 11) is 2.16. The van der Waals surface area contributed by atoms with Crippen LogP contribution in [0.15, 0.2) is 55.0 Å². The standard InChI is InChI=1S/C28H30N6O/c1-19(2)24-12-9-22(16-31-24)25-26(21-7-10-23(29-3)11-8-21)32-28(34-15-13-30-27(25)34)35-18-20-6-5-14-33(4)17-20/h7-13,15-16,19-20H,5-6,14,17-18H2,1-2,4H3/t20-/m1/s1. The van der Waals surface area contributed by atoms with Crippen LogP contribution >= 0.6 is 0 Å². The van der Waals surface area contributed by atoms with Gasteiger partial charge in [-0.15, -0.1) is 0 Å². The number of ether oxygens (including phenoxy) is 1. The Morgan fingerprint density at radius 1 is 1.11 bits per heavy atom. The molecule has 178 valence electrons. The predicted molar refractivity (Wildman–Crippen MR) is 138 cm³/mol. The van der Waals surface area contributed by atoms with Crippen LogP contribution < -0.4 is 4.74 Å². The number of nitrogens with zero attached hydrogens (tertiary/aromatic N) is 6. The van der Waals surface area contributed by atoms with Crippen molar-refractivity contribution in [3.63, 3.8) is 0 Å². The number of hydrogen-bond acceptors (Lipinski definition) is 5. The van der Waals surface area contributed by atoms with E-state index in [1.165, 1.54) is 6.42 Å². The molecule has 0 unspecified atom stereocenters. The number of likely N-dealkylation sites (tertiary alicyclic amines) is 1. The van der Waals surface area contributed by atoms with Crippen LogP contribution in [0.4, 0.5) is 5.69 Å². The Hall–Kier alpha value is -3.76. The molecule has 0 radical (unpaired) electrons. The molecular weight excluding hydrogens is 436 g/mol. The Balaban J connectivity index is 1.61. The minimum atomic E-state index is 0.351. The van der Waals surface area contributed by atoms with Gasteiger partial charge in [0, 0.05) is 42.3 Å². The van der Waals surface area contributed by atoms with E-state index in [0.717, 1.165) is 53.2 Å². The highest BCUT2D eigenvalue weighted by atomic mass is 16.5. The van der Waals surface area contributed by atoms with Crippen LogP contribution in [0.25, 0.3) is 32.9 Å². The van der Waals surface area contributed by atoms with Crippen molar-refractivity contribution < 1.29 is 4.74 Å². The Morgan fingerprint density at radius 2 is 1.91 bits per heavy atom. The molecule has 7 heteroatoms. The highest BCUT2D eigenvalue weighted by Gasteiger charge is 2.22. The normalized spacial score (nSPS) is 16.5. The quantitative estimate of drug-likeness (QED) is 0.334. The summed E-state index contributed by atoms with van der Waals surface area (Å²) >= 11 is 0. The van der Waals surface area contributed by atoms with Crippen LogP contribution in [0, 0.1) is 12.5 Å². The lowest BCUT2D eigenvalue weighted by atomic mass is 9.99. The van der Waals surface area contributed by atoms with Gasteiger partial charge in [0.05, 0.1) is 24.4 Å². The van der Waals surface area contributed by atoms with Gasteiger partial charge < -0.3 is 9.64 Å². The molecule has 3 aromatic heterocycles. The van der Waals surface area contributed by atoms with Gasteiger partial charge in [0.1, 0.15) is 0 Å². The number of piperidine rings is 1. The molecule has 1 atom stereocenters. The fourth-order valence-corrected chi connectivity index (χ4v) is 4.72. The third-order valence-electron chi connectivity index (χ3n) is 6.62. The minimum absolute atomic E-state index is 0.351. The second-order valence-electron chi connectivity index (χ2n) is 9.61. The highest BCUT2D eigenvalue weighted by Crippen LogP contribution is 2.36. The summed E-state index contributed by atoms with van der Waals surface area (Å²) in [6.45, 7) is 14.4. The molecule has 0 saturated carbocycles. The minimum Gasteiger partial charge on any atom is -0.464 e. The van der Waals surface area contributed by atoms with Crippen molar-refractivity contribution in [2.45, 2.75) is 32.6 Å². The van der Waals surface area contributed by atoms with Crippen molar-refractivity contribution in [1.29, 1.82) is 0 Å². The zero-order valence-electron chi connectivity index (χ0n) is 20.5. The highest BCUT2D eigenvalue weighted by molar-refractivity contribution is 5.90. The number of pyridine rings is 1. The molecule has 5 rings (SSSR count). The van der Waals surface area contributed by atoms with E-state index in [1.54, 1.807) is 6.20 Å². The maximum Gasteiger partial charge on any atom is 0.302 e. The second-order valence-corrected chi connectivity index (χ2v) is 9.61. The molecule has 1 aromatic carbocycles. The summed E-state index contributed by atoms with van der Waals surface area (Å²) < 4.78 is 8.26. The van der Waals surface area contributed by atoms with E-state index < -0.39 is 0 Å². The van der Waals surface area contributed by atoms with Gasteiger partial charge in [0.2, 0.25) is 0 Å². The Labute approximate surface area is 206 Å². The number of benzene rings is 1. The summed E-state index contributed by atoms with van der Waals surface area (Å²) in [6, 6.07) is 12.2. The predicted octanol–water partition coefficient (Wildman–Crippen LogP) is 5.85. The largest absolute Gasteiger partial charge is 0.464 e. The van der Waals surface area contributed by atoms with Crippen molar-refractivity contribution in [2.24, 2.45) is 5.92 Å². The topological polar surface area (TPSA) is 59.9 Å². The van der Waals surface area contributed by atoms with E-state index in [9.17, 15) is 0 Å². The van der Waals surface area contributed by atoms with Crippen LogP contribution in [-0.2, 0) is 0 Å². The average Bonchev–Trinajstić information content (AvgIpc) is 3.37. The van der Waals surface area contributed by atoms with Crippen LogP contribution in [-0.4, -0.2) is 51.0 Å². The van der Waals surface area contributed by atoms with E-state index in [1.807, 2.05) is 41.1 Å². The molecule has 4 heterocycles. The fraction of sp³-hybridized carbons (Fsp3) is 0.357. The molecule has 4 aromatic rings. The smallest absolute Gasteiger partial charge is 0.302 e. The molecule has 0 spiro atoms. The lowest BCUT2D eigenvalue weighted by molar-refractivity contribution is 0.143. The first-order chi connectivity index (χ1) is 17.0. The van der Waals surface area contributed by atoms with Gasteiger partial charge in [-0.2, -0.15) is 4.98 Å². The molecule has 1 saturated heterocycles. The number of aromatic nitrogens is 4. The molecule has 0 aliphatic carbocycles. The van der Waals surface area contributed by atoms with E-state index in [2.05, 4.69) is 42.8 Å². The summed E-state index contributed by atoms with van der Waals surface area (Å²) in [5, 5.41) is 0. The van der Waals surface area contributed by atoms with Crippen LogP contribution in [0.3, 0.4) is 0 Å². The summed E-state index contributed by atoms with van der Waals surface area (Å²) in [5.74, 6) is 0.826. The lowest BCUT2D eigenvalue weighted by Gasteiger charge is -2.29. The van der Waals surface area contributed by atoms with Crippen molar-refractivity contribution >= 4 is 11.3 Å². The van der Waals surface area contributed by atoms with Crippen LogP contribution in [0.1, 0.15) is 38.3 Å². The Bertz CT molecular complexity index is 1350. The molecule has 0 amide bonds. The van der Waals surface area contributed by atoms with Gasteiger partial charge in [-0.3, -0.25) is 9.38 Å². The van der Waals surface area contributed by atoms with E-state index in [0.29, 0.717) is 30.1 Å². The first kappa shape index (κ1) is 23.0. The third-order valence-corrected chi connectivity index (χ3v) is 6.62. The zero-order chi connectivity index (χ0) is 24.4. The maximum absolute atomic E-state index is 7.30. The van der Waals surface area contributed by atoms with Gasteiger partial charge in [-0.1, -0.05) is 44.2 Å². The molecule has 1 fully saturated rings. The molecular formula is C28H30N6O. The van der Waals surface area contributed by atoms with E-state index >= 15 is 0 Å². The number of fused-ring (bicyclic) bond motifs is 1. The summed E-state index contributed by atoms with van der Waals surface area (Å²) in [5.41, 5.74) is 5.95. The lowest BCUT2D eigenvalue weighted by Crippen LogP contribution is -2.35. The number of hydrogen-bond donors (Lipinski definition) is 0. The van der Waals surface area contributed by atoms with Gasteiger partial charge in [-0.25, -0.2) is 9.83 Å². The van der Waals surface area contributed by atoms with E-state index in [4.69, 9.17) is 26.3 Å². The first-order valence-corrected chi connectivity index (χ1v) is 12.2. The summed E-state index contributed by atoms with van der Waals surface area (Å²) in [6.07, 6.45) is 7.93. The Morgan fingerprint density at radius 3 is 2.60 bits per heavy atom. The van der Waals surface area contributed by atoms with Crippen molar-refractivity contribution in [3.05, 3.63) is 72.1 Å². The van der Waals surface area contributed by atoms with Gasteiger partial charge in [0.25, 0.3) is 0 Å². The van der Waals surface area contributed by atoms with Gasteiger partial charge in [-0.05, 0) is 44.0 Å². The van der Waals surface area contributed by atoms with E-state index in [-0.39, 0.29) is 0 Å². The Kier molecular flexibility index (Phi) is 6.47. The van der Waals surface area contributed by atoms with Crippen LogP contribution in [0.2, 0.25) is 0 Å². The fourth-order valence-electron chi connectivity index (χ4n) is 4.72. The zero-order valence-corrected chi connectivity index (χ0v) is 20.5. The third kappa shape index (κ3) is 4.75. The van der Waals surface area contributed by atoms with Gasteiger partial charge >= 0.3 is 6.01 Å². The summed E-state index contributed by atoms with van der Waals surface area (Å²) in [4.78, 5) is 20.3. The van der Waals surface area contributed by atoms with Crippen LogP contribution in [0.5, 0.6) is 6.01 Å². The molecule has 1 aliphatic heterocycles. The SMILES string of the molecule is [C-]#[N+]c1ccc(-c2nc(OC[C@@H]3CCCN(C)C3)n3ccnc3c2-c2ccc(C(C)C)nc2)cc1. The van der Waals surface area contributed by atoms with Gasteiger partial charge in [0.15, 0.2) is 11.3 Å². The molecule has 1 aliphatic rings.